The summed E-state index contributed by atoms with van der Waals surface area (Å²) in [5.74, 6) is -0.429. The van der Waals surface area contributed by atoms with E-state index >= 15 is 0 Å². The Labute approximate surface area is 185 Å². The molecule has 0 spiro atoms. The van der Waals surface area contributed by atoms with Gasteiger partial charge in [0.1, 0.15) is 18.0 Å². The van der Waals surface area contributed by atoms with Crippen molar-refractivity contribution in [2.24, 2.45) is 0 Å². The van der Waals surface area contributed by atoms with E-state index in [0.29, 0.717) is 23.7 Å². The number of thiocarbonyl (C=S) groups is 1. The van der Waals surface area contributed by atoms with Crippen LogP contribution in [0.3, 0.4) is 0 Å². The van der Waals surface area contributed by atoms with Crippen molar-refractivity contribution in [1.29, 1.82) is 0 Å². The molecule has 0 unspecified atom stereocenters. The van der Waals surface area contributed by atoms with E-state index in [1.54, 1.807) is 30.3 Å². The zero-order valence-corrected chi connectivity index (χ0v) is 17.7. The van der Waals surface area contributed by atoms with E-state index in [1.165, 1.54) is 29.2 Å². The van der Waals surface area contributed by atoms with E-state index in [-0.39, 0.29) is 29.7 Å². The average Bonchev–Trinajstić information content (AvgIpc) is 2.75. The lowest BCUT2D eigenvalue weighted by Gasteiger charge is -2.27. The van der Waals surface area contributed by atoms with E-state index in [2.05, 4.69) is 11.9 Å². The Balaban J connectivity index is 1.84. The summed E-state index contributed by atoms with van der Waals surface area (Å²) >= 11 is 5.05. The van der Waals surface area contributed by atoms with Crippen molar-refractivity contribution in [3.63, 3.8) is 0 Å². The summed E-state index contributed by atoms with van der Waals surface area (Å²) in [4.78, 5) is 26.3. The molecule has 8 heteroatoms. The summed E-state index contributed by atoms with van der Waals surface area (Å²) in [5.41, 5.74) is 1.35. The van der Waals surface area contributed by atoms with Crippen LogP contribution in [0.25, 0.3) is 6.08 Å². The van der Waals surface area contributed by atoms with E-state index in [9.17, 15) is 14.0 Å². The lowest BCUT2D eigenvalue weighted by atomic mass is 10.1. The van der Waals surface area contributed by atoms with E-state index < -0.39 is 11.8 Å². The molecule has 0 aliphatic carbocycles. The largest absolute Gasteiger partial charge is 0.490 e. The first kappa shape index (κ1) is 22.2. The highest BCUT2D eigenvalue weighted by Gasteiger charge is 2.32. The number of carbonyl (C=O) groups excluding carboxylic acids is 2. The van der Waals surface area contributed by atoms with E-state index in [4.69, 9.17) is 21.7 Å². The van der Waals surface area contributed by atoms with Gasteiger partial charge in [0.15, 0.2) is 16.6 Å². The molecular weight excluding hydrogens is 419 g/mol. The molecule has 0 bridgehead atoms. The third kappa shape index (κ3) is 5.35. The molecule has 0 radical (unpaired) electrons. The number of amides is 2. The highest BCUT2D eigenvalue weighted by molar-refractivity contribution is 7.80. The molecular formula is C23H21FN2O4S. The van der Waals surface area contributed by atoms with Gasteiger partial charge in [-0.1, -0.05) is 24.3 Å². The van der Waals surface area contributed by atoms with Gasteiger partial charge in [0.2, 0.25) is 0 Å². The Morgan fingerprint density at radius 1 is 1.13 bits per heavy atom. The summed E-state index contributed by atoms with van der Waals surface area (Å²) in [6.07, 6.45) is 3.00. The van der Waals surface area contributed by atoms with Crippen LogP contribution in [0, 0.1) is 5.82 Å². The molecule has 1 saturated heterocycles. The van der Waals surface area contributed by atoms with Crippen LogP contribution in [0.4, 0.5) is 4.39 Å². The van der Waals surface area contributed by atoms with Crippen molar-refractivity contribution in [1.82, 2.24) is 10.2 Å². The van der Waals surface area contributed by atoms with Crippen LogP contribution < -0.4 is 14.8 Å². The van der Waals surface area contributed by atoms with Crippen molar-refractivity contribution < 1.29 is 23.5 Å². The van der Waals surface area contributed by atoms with Gasteiger partial charge in [-0.15, -0.1) is 6.58 Å². The van der Waals surface area contributed by atoms with Crippen LogP contribution in [-0.4, -0.2) is 35.0 Å². The standard InChI is InChI=1S/C23H21FN2O4S/c1-3-11-26-22(28)18(21(27)25-23(26)31)12-16-7-10-19(20(13-16)29-4-2)30-14-15-5-8-17(24)9-6-15/h3,5-10,12-13H,1,4,11,14H2,2H3,(H,25,27,31). The number of halogens is 1. The number of ether oxygens (including phenoxy) is 2. The van der Waals surface area contributed by atoms with Crippen molar-refractivity contribution >= 4 is 35.2 Å². The zero-order chi connectivity index (χ0) is 22.4. The molecule has 1 aliphatic rings. The Morgan fingerprint density at radius 2 is 1.87 bits per heavy atom. The minimum atomic E-state index is -0.565. The molecule has 1 heterocycles. The fourth-order valence-electron chi connectivity index (χ4n) is 2.90. The van der Waals surface area contributed by atoms with Crippen molar-refractivity contribution in [3.05, 3.63) is 77.6 Å². The van der Waals surface area contributed by atoms with Gasteiger partial charge in [-0.3, -0.25) is 19.8 Å². The molecule has 1 N–H and O–H groups in total. The minimum absolute atomic E-state index is 0.0436. The zero-order valence-electron chi connectivity index (χ0n) is 16.9. The second-order valence-corrected chi connectivity index (χ2v) is 6.96. The monoisotopic (exact) mass is 440 g/mol. The number of hydrogen-bond donors (Lipinski definition) is 1. The molecule has 2 aromatic rings. The predicted molar refractivity (Wildman–Crippen MR) is 119 cm³/mol. The van der Waals surface area contributed by atoms with Gasteiger partial charge in [-0.2, -0.15) is 0 Å². The number of hydrogen-bond acceptors (Lipinski definition) is 5. The van der Waals surface area contributed by atoms with Gasteiger partial charge in [0, 0.05) is 6.54 Å². The Bertz CT molecular complexity index is 1050. The van der Waals surface area contributed by atoms with Gasteiger partial charge >= 0.3 is 0 Å². The first-order valence-corrected chi connectivity index (χ1v) is 9.97. The molecule has 160 valence electrons. The van der Waals surface area contributed by atoms with Gasteiger partial charge in [0.05, 0.1) is 6.61 Å². The molecule has 1 fully saturated rings. The quantitative estimate of drug-likeness (QED) is 0.294. The van der Waals surface area contributed by atoms with Gasteiger partial charge < -0.3 is 9.47 Å². The van der Waals surface area contributed by atoms with Crippen LogP contribution in [-0.2, 0) is 16.2 Å². The van der Waals surface area contributed by atoms with Crippen LogP contribution in [0.5, 0.6) is 11.5 Å². The van der Waals surface area contributed by atoms with E-state index in [1.807, 2.05) is 6.92 Å². The summed E-state index contributed by atoms with van der Waals surface area (Å²) < 4.78 is 24.5. The maximum atomic E-state index is 13.1. The highest BCUT2D eigenvalue weighted by atomic mass is 32.1. The highest BCUT2D eigenvalue weighted by Crippen LogP contribution is 2.30. The minimum Gasteiger partial charge on any atom is -0.490 e. The molecule has 2 aromatic carbocycles. The van der Waals surface area contributed by atoms with Crippen molar-refractivity contribution in [2.75, 3.05) is 13.2 Å². The number of nitrogens with one attached hydrogen (secondary N) is 1. The molecule has 2 amide bonds. The van der Waals surface area contributed by atoms with Crippen molar-refractivity contribution in [2.45, 2.75) is 13.5 Å². The lowest BCUT2D eigenvalue weighted by molar-refractivity contribution is -0.128. The summed E-state index contributed by atoms with van der Waals surface area (Å²) in [6.45, 7) is 6.26. The predicted octanol–water partition coefficient (Wildman–Crippen LogP) is 3.62. The normalized spacial score (nSPS) is 15.1. The maximum absolute atomic E-state index is 13.1. The Morgan fingerprint density at radius 3 is 2.55 bits per heavy atom. The van der Waals surface area contributed by atoms with Gasteiger partial charge in [0.25, 0.3) is 11.8 Å². The molecule has 31 heavy (non-hydrogen) atoms. The molecule has 0 saturated carbocycles. The fourth-order valence-corrected chi connectivity index (χ4v) is 3.15. The molecule has 0 aromatic heterocycles. The van der Waals surface area contributed by atoms with Gasteiger partial charge in [-0.05, 0) is 60.6 Å². The topological polar surface area (TPSA) is 67.9 Å². The summed E-state index contributed by atoms with van der Waals surface area (Å²) in [6, 6.07) is 11.1. The average molecular weight is 440 g/mol. The fraction of sp³-hybridized carbons (Fsp3) is 0.174. The molecule has 1 aliphatic heterocycles. The molecule has 0 atom stereocenters. The first-order valence-electron chi connectivity index (χ1n) is 9.56. The van der Waals surface area contributed by atoms with Gasteiger partial charge in [-0.25, -0.2) is 4.39 Å². The first-order chi connectivity index (χ1) is 14.9. The molecule has 3 rings (SSSR count). The Kier molecular flexibility index (Phi) is 7.15. The van der Waals surface area contributed by atoms with Crippen LogP contribution in [0.15, 0.2) is 60.7 Å². The third-order valence-electron chi connectivity index (χ3n) is 4.38. The second-order valence-electron chi connectivity index (χ2n) is 6.58. The van der Waals surface area contributed by atoms with Crippen LogP contribution in [0.1, 0.15) is 18.1 Å². The van der Waals surface area contributed by atoms with E-state index in [0.717, 1.165) is 5.56 Å². The van der Waals surface area contributed by atoms with Crippen LogP contribution in [0.2, 0.25) is 0 Å². The molecule has 6 nitrogen and oxygen atoms in total. The lowest BCUT2D eigenvalue weighted by Crippen LogP contribution is -2.53. The SMILES string of the molecule is C=CCN1C(=O)C(=Cc2ccc(OCc3ccc(F)cc3)c(OCC)c2)C(=O)NC1=S. The number of nitrogens with zero attached hydrogens (tertiary/aromatic N) is 1. The maximum Gasteiger partial charge on any atom is 0.265 e. The summed E-state index contributed by atoms with van der Waals surface area (Å²) in [7, 11) is 0. The Hall–Kier alpha value is -3.52. The smallest absolute Gasteiger partial charge is 0.265 e. The number of carbonyl (C=O) groups is 2. The van der Waals surface area contributed by atoms with Crippen LogP contribution >= 0.6 is 12.2 Å². The third-order valence-corrected chi connectivity index (χ3v) is 4.71. The summed E-state index contributed by atoms with van der Waals surface area (Å²) in [5, 5.41) is 2.56. The van der Waals surface area contributed by atoms with Crippen molar-refractivity contribution in [3.8, 4) is 11.5 Å². The number of rotatable bonds is 8. The number of benzene rings is 2. The second kappa shape index (κ2) is 9.99.